The summed E-state index contributed by atoms with van der Waals surface area (Å²) in [5.41, 5.74) is 6.83. The van der Waals surface area contributed by atoms with E-state index in [1.54, 1.807) is 12.1 Å². The topological polar surface area (TPSA) is 78.2 Å². The lowest BCUT2D eigenvalue weighted by Crippen LogP contribution is -2.42. The normalized spacial score (nSPS) is 16.5. The lowest BCUT2D eigenvalue weighted by molar-refractivity contribution is 0.622. The summed E-state index contributed by atoms with van der Waals surface area (Å²) in [5.74, 6) is 0.226. The number of nitrogens with zero attached hydrogens (tertiary/aromatic N) is 4. The number of nitrogen functional groups attached to an aromatic ring is 1. The zero-order valence-corrected chi connectivity index (χ0v) is 13.1. The monoisotopic (exact) mass is 325 g/mol. The van der Waals surface area contributed by atoms with Crippen LogP contribution in [-0.4, -0.2) is 19.2 Å². The Morgan fingerprint density at radius 2 is 2.08 bits per heavy atom. The number of hydrogen-bond donors (Lipinski definition) is 1. The molecule has 1 aliphatic rings. The highest BCUT2D eigenvalue weighted by Crippen LogP contribution is 2.08. The third-order valence-electron chi connectivity index (χ3n) is 4.18. The van der Waals surface area contributed by atoms with Crippen molar-refractivity contribution >= 4 is 23.6 Å². The quantitative estimate of drug-likeness (QED) is 0.733. The molecular weight excluding hydrogens is 309 g/mol. The van der Waals surface area contributed by atoms with Crippen LogP contribution >= 0.6 is 0 Å². The number of halogens is 1. The Kier molecular flexibility index (Phi) is 3.23. The van der Waals surface area contributed by atoms with Gasteiger partial charge in [-0.2, -0.15) is 0 Å². The molecule has 2 heterocycles. The number of nitrogens with two attached hydrogens (primary N) is 1. The van der Waals surface area contributed by atoms with E-state index in [4.69, 9.17) is 5.73 Å². The smallest absolute Gasteiger partial charge is 0.351 e. The molecule has 0 saturated carbocycles. The summed E-state index contributed by atoms with van der Waals surface area (Å²) in [5, 5.41) is 5.75. The average Bonchev–Trinajstić information content (AvgIpc) is 2.88. The van der Waals surface area contributed by atoms with Crippen molar-refractivity contribution in [2.45, 2.75) is 19.9 Å². The Balaban J connectivity index is 1.94. The number of aromatic nitrogens is 4. The molecule has 1 unspecified atom stereocenters. The first-order valence-corrected chi connectivity index (χ1v) is 7.74. The van der Waals surface area contributed by atoms with Gasteiger partial charge in [0.05, 0.1) is 17.2 Å². The first-order chi connectivity index (χ1) is 11.5. The minimum absolute atomic E-state index is 0.225. The molecule has 2 N–H and O–H groups in total. The highest BCUT2D eigenvalue weighted by atomic mass is 19.1. The highest BCUT2D eigenvalue weighted by molar-refractivity contribution is 5.59. The van der Waals surface area contributed by atoms with E-state index in [1.807, 2.05) is 12.2 Å². The molecule has 6 nitrogen and oxygen atoms in total. The second kappa shape index (κ2) is 5.30. The van der Waals surface area contributed by atoms with Crippen molar-refractivity contribution in [1.82, 2.24) is 19.2 Å². The number of rotatable bonds is 2. The molecule has 0 spiro atoms. The summed E-state index contributed by atoms with van der Waals surface area (Å²) in [4.78, 5) is 17.2. The van der Waals surface area contributed by atoms with Gasteiger partial charge in [0.2, 0.25) is 5.65 Å². The van der Waals surface area contributed by atoms with Gasteiger partial charge in [0.25, 0.3) is 0 Å². The maximum Gasteiger partial charge on any atom is 0.351 e. The number of fused-ring (bicyclic) bond motifs is 3. The molecule has 0 aliphatic heterocycles. The van der Waals surface area contributed by atoms with Crippen LogP contribution < -0.4 is 22.1 Å². The van der Waals surface area contributed by atoms with Crippen molar-refractivity contribution < 1.29 is 4.39 Å². The van der Waals surface area contributed by atoms with Crippen LogP contribution in [0.1, 0.15) is 18.9 Å². The zero-order valence-electron chi connectivity index (χ0n) is 13.1. The summed E-state index contributed by atoms with van der Waals surface area (Å²) in [6, 6.07) is 5.98. The largest absolute Gasteiger partial charge is 0.381 e. The zero-order chi connectivity index (χ0) is 16.8. The van der Waals surface area contributed by atoms with Crippen LogP contribution in [0.15, 0.2) is 29.1 Å². The van der Waals surface area contributed by atoms with Crippen molar-refractivity contribution in [1.29, 1.82) is 0 Å². The predicted molar refractivity (Wildman–Crippen MR) is 89.1 cm³/mol. The van der Waals surface area contributed by atoms with Gasteiger partial charge in [-0.05, 0) is 30.0 Å². The van der Waals surface area contributed by atoms with Gasteiger partial charge in [-0.1, -0.05) is 31.2 Å². The van der Waals surface area contributed by atoms with E-state index >= 15 is 0 Å². The summed E-state index contributed by atoms with van der Waals surface area (Å²) in [7, 11) is 0. The Morgan fingerprint density at radius 1 is 1.33 bits per heavy atom. The van der Waals surface area contributed by atoms with Crippen LogP contribution in [0.4, 0.5) is 10.2 Å². The maximum absolute atomic E-state index is 13.0. The van der Waals surface area contributed by atoms with Gasteiger partial charge in [0.15, 0.2) is 5.82 Å². The van der Waals surface area contributed by atoms with Crippen LogP contribution in [-0.2, 0) is 6.54 Å². The minimum Gasteiger partial charge on any atom is -0.381 e. The molecule has 122 valence electrons. The lowest BCUT2D eigenvalue weighted by atomic mass is 10.0. The standard InChI is InChI=1S/C17H16FN5O/c1-10-2-7-13-14(8-10)23-16(15(19)20-13)21-22(17(23)24)9-11-3-5-12(18)6-4-11/h3-8,10H,2,9H2,1H3,(H2,19,20). The molecule has 2 aromatic heterocycles. The third kappa shape index (κ3) is 2.29. The molecule has 1 atom stereocenters. The van der Waals surface area contributed by atoms with Gasteiger partial charge < -0.3 is 5.73 Å². The average molecular weight is 325 g/mol. The Hall–Kier alpha value is -2.96. The van der Waals surface area contributed by atoms with Gasteiger partial charge in [0.1, 0.15) is 5.82 Å². The van der Waals surface area contributed by atoms with E-state index in [0.717, 1.165) is 17.3 Å². The van der Waals surface area contributed by atoms with E-state index in [0.29, 0.717) is 16.9 Å². The molecule has 0 bridgehead atoms. The van der Waals surface area contributed by atoms with E-state index in [9.17, 15) is 9.18 Å². The number of anilines is 1. The van der Waals surface area contributed by atoms with Crippen LogP contribution in [0.5, 0.6) is 0 Å². The van der Waals surface area contributed by atoms with Gasteiger partial charge >= 0.3 is 5.69 Å². The third-order valence-corrected chi connectivity index (χ3v) is 4.18. The van der Waals surface area contributed by atoms with E-state index in [-0.39, 0.29) is 23.9 Å². The maximum atomic E-state index is 13.0. The van der Waals surface area contributed by atoms with E-state index < -0.39 is 0 Å². The first kappa shape index (κ1) is 14.6. The van der Waals surface area contributed by atoms with Gasteiger partial charge in [-0.25, -0.2) is 23.3 Å². The summed E-state index contributed by atoms with van der Waals surface area (Å²) >= 11 is 0. The van der Waals surface area contributed by atoms with Crippen molar-refractivity contribution in [2.24, 2.45) is 5.92 Å². The van der Waals surface area contributed by atoms with Crippen LogP contribution in [0.25, 0.3) is 17.8 Å². The summed E-state index contributed by atoms with van der Waals surface area (Å²) < 4.78 is 15.9. The molecule has 24 heavy (non-hydrogen) atoms. The molecule has 0 radical (unpaired) electrons. The van der Waals surface area contributed by atoms with Crippen molar-refractivity contribution in [3.8, 4) is 0 Å². The van der Waals surface area contributed by atoms with Gasteiger partial charge in [0, 0.05) is 0 Å². The Morgan fingerprint density at radius 3 is 2.83 bits per heavy atom. The van der Waals surface area contributed by atoms with Crippen molar-refractivity contribution in [3.63, 3.8) is 0 Å². The SMILES string of the molecule is CC1C=c2c(nc(N)c3nn(Cc4ccc(F)cc4)c(=O)n23)=CC1. The van der Waals surface area contributed by atoms with Crippen molar-refractivity contribution in [2.75, 3.05) is 5.73 Å². The lowest BCUT2D eigenvalue weighted by Gasteiger charge is -2.08. The van der Waals surface area contributed by atoms with Gasteiger partial charge in [-0.3, -0.25) is 0 Å². The molecule has 1 aromatic carbocycles. The highest BCUT2D eigenvalue weighted by Gasteiger charge is 2.15. The Labute approximate surface area is 136 Å². The van der Waals surface area contributed by atoms with Crippen LogP contribution in [0, 0.1) is 11.7 Å². The number of hydrogen-bond acceptors (Lipinski definition) is 4. The number of benzene rings is 1. The molecule has 4 rings (SSSR count). The molecular formula is C17H16FN5O. The Bertz CT molecular complexity index is 1110. The first-order valence-electron chi connectivity index (χ1n) is 7.74. The van der Waals surface area contributed by atoms with E-state index in [1.165, 1.54) is 21.2 Å². The fourth-order valence-corrected chi connectivity index (χ4v) is 2.95. The fourth-order valence-electron chi connectivity index (χ4n) is 2.95. The second-order valence-corrected chi connectivity index (χ2v) is 6.08. The van der Waals surface area contributed by atoms with Gasteiger partial charge in [-0.15, -0.1) is 5.10 Å². The van der Waals surface area contributed by atoms with Crippen molar-refractivity contribution in [3.05, 3.63) is 56.8 Å². The van der Waals surface area contributed by atoms with E-state index in [2.05, 4.69) is 17.0 Å². The molecule has 0 amide bonds. The second-order valence-electron chi connectivity index (χ2n) is 6.08. The molecule has 1 aliphatic carbocycles. The predicted octanol–water partition coefficient (Wildman–Crippen LogP) is 0.261. The molecule has 3 aromatic rings. The van der Waals surface area contributed by atoms with Crippen LogP contribution in [0.3, 0.4) is 0 Å². The molecule has 0 fully saturated rings. The minimum atomic E-state index is -0.317. The fraction of sp³-hybridized carbons (Fsp3) is 0.235. The summed E-state index contributed by atoms with van der Waals surface area (Å²) in [6.07, 6.45) is 4.86. The molecule has 7 heteroatoms. The molecule has 0 saturated heterocycles. The summed E-state index contributed by atoms with van der Waals surface area (Å²) in [6.45, 7) is 2.32. The van der Waals surface area contributed by atoms with Crippen LogP contribution in [0.2, 0.25) is 0 Å².